The van der Waals surface area contributed by atoms with E-state index in [9.17, 15) is 13.2 Å². The molecule has 0 unspecified atom stereocenters. The Hall–Kier alpha value is -1.93. The minimum absolute atomic E-state index is 0.0385. The summed E-state index contributed by atoms with van der Waals surface area (Å²) >= 11 is 0. The van der Waals surface area contributed by atoms with Crippen LogP contribution in [0.5, 0.6) is 0 Å². The van der Waals surface area contributed by atoms with E-state index in [-0.39, 0.29) is 22.8 Å². The average Bonchev–Trinajstić information content (AvgIpc) is 3.09. The summed E-state index contributed by atoms with van der Waals surface area (Å²) in [6.07, 6.45) is 5.45. The standard InChI is InChI=1S/C19H25N3O4S/c1-2-18-21-27(24,25)17-11-14(20-19(23)13-5-3-6-13)8-9-16(17)22(18)12-15-7-4-10-26-15/h8-9,11,13,15H,2-7,10,12H2,1H3,(H,20,23)/t15-/m1/s1. The van der Waals surface area contributed by atoms with E-state index in [1.165, 1.54) is 6.07 Å². The Labute approximate surface area is 159 Å². The van der Waals surface area contributed by atoms with Gasteiger partial charge >= 0.3 is 0 Å². The maximum absolute atomic E-state index is 12.7. The Kier molecular flexibility index (Phi) is 4.94. The van der Waals surface area contributed by atoms with Crippen LogP contribution in [-0.2, 0) is 19.6 Å². The molecule has 1 N–H and O–H groups in total. The number of amides is 1. The first-order valence-electron chi connectivity index (χ1n) is 9.66. The van der Waals surface area contributed by atoms with Crippen LogP contribution in [0.1, 0.15) is 45.4 Å². The van der Waals surface area contributed by atoms with Crippen molar-refractivity contribution in [3.05, 3.63) is 18.2 Å². The zero-order valence-corrected chi connectivity index (χ0v) is 16.3. The van der Waals surface area contributed by atoms with E-state index in [2.05, 4.69) is 9.71 Å². The summed E-state index contributed by atoms with van der Waals surface area (Å²) in [6, 6.07) is 5.06. The topological polar surface area (TPSA) is 88.1 Å². The summed E-state index contributed by atoms with van der Waals surface area (Å²) in [7, 11) is -3.79. The number of ether oxygens (including phenoxy) is 1. The highest BCUT2D eigenvalue weighted by atomic mass is 32.2. The predicted molar refractivity (Wildman–Crippen MR) is 104 cm³/mol. The van der Waals surface area contributed by atoms with Crippen LogP contribution in [-0.4, -0.2) is 39.4 Å². The first-order valence-corrected chi connectivity index (χ1v) is 11.1. The fraction of sp³-hybridized carbons (Fsp3) is 0.579. The van der Waals surface area contributed by atoms with Gasteiger partial charge in [0.15, 0.2) is 0 Å². The number of amidine groups is 1. The van der Waals surface area contributed by atoms with E-state index in [1.54, 1.807) is 12.1 Å². The van der Waals surface area contributed by atoms with E-state index in [0.29, 0.717) is 30.2 Å². The molecule has 1 saturated carbocycles. The number of fused-ring (bicyclic) bond motifs is 1. The highest BCUT2D eigenvalue weighted by molar-refractivity contribution is 7.90. The van der Waals surface area contributed by atoms with Crippen LogP contribution in [0, 0.1) is 5.92 Å². The molecule has 0 aromatic heterocycles. The third-order valence-electron chi connectivity index (χ3n) is 5.54. The molecule has 1 amide bonds. The van der Waals surface area contributed by atoms with Crippen LogP contribution in [0.3, 0.4) is 0 Å². The van der Waals surface area contributed by atoms with Gasteiger partial charge in [-0.2, -0.15) is 8.42 Å². The molecule has 0 bridgehead atoms. The fourth-order valence-corrected chi connectivity index (χ4v) is 5.09. The largest absolute Gasteiger partial charge is 0.376 e. The monoisotopic (exact) mass is 391 g/mol. The van der Waals surface area contributed by atoms with Gasteiger partial charge in [0.2, 0.25) is 5.91 Å². The first-order chi connectivity index (χ1) is 13.0. The van der Waals surface area contributed by atoms with Crippen molar-refractivity contribution in [1.82, 2.24) is 0 Å². The van der Waals surface area contributed by atoms with Gasteiger partial charge in [-0.25, -0.2) is 0 Å². The lowest BCUT2D eigenvalue weighted by Crippen LogP contribution is -2.40. The number of rotatable bonds is 5. The number of nitrogens with zero attached hydrogens (tertiary/aromatic N) is 2. The van der Waals surface area contributed by atoms with Crippen LogP contribution < -0.4 is 10.2 Å². The van der Waals surface area contributed by atoms with Gasteiger partial charge in [-0.05, 0) is 43.9 Å². The molecule has 0 radical (unpaired) electrons. The van der Waals surface area contributed by atoms with Crippen molar-refractivity contribution >= 4 is 33.1 Å². The average molecular weight is 391 g/mol. The third-order valence-corrected chi connectivity index (χ3v) is 6.87. The van der Waals surface area contributed by atoms with E-state index in [0.717, 1.165) is 38.7 Å². The van der Waals surface area contributed by atoms with Gasteiger partial charge in [0.25, 0.3) is 10.0 Å². The lowest BCUT2D eigenvalue weighted by Gasteiger charge is -2.32. The summed E-state index contributed by atoms with van der Waals surface area (Å²) in [5, 5.41) is 2.85. The zero-order valence-electron chi connectivity index (χ0n) is 15.5. The SMILES string of the molecule is CCC1=NS(=O)(=O)c2cc(NC(=O)C3CCC3)ccc2N1C[C@H]1CCCO1. The summed E-state index contributed by atoms with van der Waals surface area (Å²) in [4.78, 5) is 14.3. The number of anilines is 2. The summed E-state index contributed by atoms with van der Waals surface area (Å²) in [6.45, 7) is 3.23. The normalized spacial score (nSPS) is 24.1. The van der Waals surface area contributed by atoms with Gasteiger partial charge in [0, 0.05) is 24.6 Å². The molecule has 1 aromatic carbocycles. The highest BCUT2D eigenvalue weighted by Crippen LogP contribution is 2.36. The highest BCUT2D eigenvalue weighted by Gasteiger charge is 2.33. The molecule has 1 aromatic rings. The maximum Gasteiger partial charge on any atom is 0.286 e. The summed E-state index contributed by atoms with van der Waals surface area (Å²) < 4.78 is 35.2. The van der Waals surface area contributed by atoms with Crippen molar-refractivity contribution in [3.63, 3.8) is 0 Å². The predicted octanol–water partition coefficient (Wildman–Crippen LogP) is 2.92. The number of carbonyl (C=O) groups excluding carboxylic acids is 1. The molecule has 2 aliphatic heterocycles. The van der Waals surface area contributed by atoms with Crippen molar-refractivity contribution in [1.29, 1.82) is 0 Å². The van der Waals surface area contributed by atoms with Gasteiger partial charge in [-0.1, -0.05) is 13.3 Å². The minimum atomic E-state index is -3.79. The Morgan fingerprint density at radius 1 is 1.30 bits per heavy atom. The van der Waals surface area contributed by atoms with E-state index in [4.69, 9.17) is 4.74 Å². The van der Waals surface area contributed by atoms with Gasteiger partial charge in [0.05, 0.1) is 18.3 Å². The first kappa shape index (κ1) is 18.4. The van der Waals surface area contributed by atoms with Crippen LogP contribution in [0.25, 0.3) is 0 Å². The molecular formula is C19H25N3O4S. The van der Waals surface area contributed by atoms with Gasteiger partial charge in [-0.3, -0.25) is 4.79 Å². The maximum atomic E-state index is 12.7. The number of hydrogen-bond acceptors (Lipinski definition) is 5. The van der Waals surface area contributed by atoms with Gasteiger partial charge in [-0.15, -0.1) is 4.40 Å². The van der Waals surface area contributed by atoms with E-state index < -0.39 is 10.0 Å². The van der Waals surface area contributed by atoms with Gasteiger partial charge in [0.1, 0.15) is 10.7 Å². The van der Waals surface area contributed by atoms with Crippen molar-refractivity contribution < 1.29 is 17.9 Å². The molecular weight excluding hydrogens is 366 g/mol. The smallest absolute Gasteiger partial charge is 0.286 e. The molecule has 1 aliphatic carbocycles. The molecule has 2 heterocycles. The second-order valence-corrected chi connectivity index (χ2v) is 8.95. The molecule has 4 rings (SSSR count). The summed E-state index contributed by atoms with van der Waals surface area (Å²) in [5.74, 6) is 0.533. The molecule has 8 heteroatoms. The van der Waals surface area contributed by atoms with Gasteiger partial charge < -0.3 is 15.0 Å². The van der Waals surface area contributed by atoms with Crippen molar-refractivity contribution in [2.75, 3.05) is 23.4 Å². The Balaban J connectivity index is 1.65. The Bertz CT molecular complexity index is 871. The van der Waals surface area contributed by atoms with Crippen molar-refractivity contribution in [2.24, 2.45) is 10.3 Å². The van der Waals surface area contributed by atoms with Crippen LogP contribution in [0.2, 0.25) is 0 Å². The lowest BCUT2D eigenvalue weighted by molar-refractivity contribution is -0.122. The number of sulfonamides is 1. The fourth-order valence-electron chi connectivity index (χ4n) is 3.76. The summed E-state index contributed by atoms with van der Waals surface area (Å²) in [5.41, 5.74) is 1.11. The second kappa shape index (κ2) is 7.24. The quantitative estimate of drug-likeness (QED) is 0.834. The number of nitrogens with one attached hydrogen (secondary N) is 1. The number of benzene rings is 1. The van der Waals surface area contributed by atoms with E-state index >= 15 is 0 Å². The van der Waals surface area contributed by atoms with E-state index in [1.807, 2.05) is 11.8 Å². The zero-order chi connectivity index (χ0) is 19.0. The third kappa shape index (κ3) is 3.60. The van der Waals surface area contributed by atoms with Crippen LogP contribution in [0.15, 0.2) is 27.5 Å². The Morgan fingerprint density at radius 3 is 2.74 bits per heavy atom. The molecule has 7 nitrogen and oxygen atoms in total. The number of carbonyl (C=O) groups is 1. The molecule has 1 saturated heterocycles. The van der Waals surface area contributed by atoms with Crippen molar-refractivity contribution in [3.8, 4) is 0 Å². The number of hydrogen-bond donors (Lipinski definition) is 1. The molecule has 146 valence electrons. The van der Waals surface area contributed by atoms with Crippen molar-refractivity contribution in [2.45, 2.75) is 56.4 Å². The molecule has 27 heavy (non-hydrogen) atoms. The minimum Gasteiger partial charge on any atom is -0.376 e. The molecule has 1 atom stereocenters. The van der Waals surface area contributed by atoms with Crippen LogP contribution >= 0.6 is 0 Å². The molecule has 2 fully saturated rings. The van der Waals surface area contributed by atoms with Crippen LogP contribution in [0.4, 0.5) is 11.4 Å². The molecule has 3 aliphatic rings. The lowest BCUT2D eigenvalue weighted by atomic mass is 9.85. The Morgan fingerprint density at radius 2 is 2.11 bits per heavy atom. The second-order valence-electron chi connectivity index (χ2n) is 7.38. The molecule has 0 spiro atoms.